The molecule has 0 amide bonds. The average Bonchev–Trinajstić information content (AvgIpc) is 3.69. The Morgan fingerprint density at radius 1 is 0.762 bits per heavy atom. The van der Waals surface area contributed by atoms with Crippen LogP contribution in [0.5, 0.6) is 11.5 Å². The van der Waals surface area contributed by atoms with Gasteiger partial charge in [-0.15, -0.1) is 0 Å². The third-order valence-corrected chi connectivity index (χ3v) is 9.21. The van der Waals surface area contributed by atoms with Crippen LogP contribution in [-0.2, 0) is 24.0 Å². The van der Waals surface area contributed by atoms with Gasteiger partial charge >= 0.3 is 0 Å². The Kier molecular flexibility index (Phi) is 5.52. The zero-order valence-corrected chi connectivity index (χ0v) is 22.9. The van der Waals surface area contributed by atoms with Crippen molar-refractivity contribution in [1.82, 2.24) is 5.32 Å². The molecule has 42 heavy (non-hydrogen) atoms. The van der Waals surface area contributed by atoms with E-state index < -0.39 is 17.2 Å². The zero-order valence-electron chi connectivity index (χ0n) is 22.9. The van der Waals surface area contributed by atoms with Crippen molar-refractivity contribution in [3.8, 4) is 28.7 Å². The lowest BCUT2D eigenvalue weighted by molar-refractivity contribution is 0.00186. The van der Waals surface area contributed by atoms with Gasteiger partial charge in [-0.3, -0.25) is 5.32 Å². The third-order valence-electron chi connectivity index (χ3n) is 9.21. The summed E-state index contributed by atoms with van der Waals surface area (Å²) < 4.78 is 11.5. The molecule has 0 saturated heterocycles. The Balaban J connectivity index is 1.34. The number of hydrogen-bond donors (Lipinski definition) is 2. The number of nitriles is 1. The number of aliphatic hydroxyl groups is 1. The number of benzene rings is 5. The Bertz CT molecular complexity index is 1850. The van der Waals surface area contributed by atoms with E-state index in [0.29, 0.717) is 23.5 Å². The van der Waals surface area contributed by atoms with Gasteiger partial charge in [-0.05, 0) is 69.1 Å². The molecule has 0 spiro atoms. The van der Waals surface area contributed by atoms with Crippen LogP contribution in [0.2, 0.25) is 0 Å². The number of rotatable bonds is 5. The van der Waals surface area contributed by atoms with Gasteiger partial charge in [0.25, 0.3) is 0 Å². The highest BCUT2D eigenvalue weighted by atomic mass is 16.7. The van der Waals surface area contributed by atoms with Crippen LogP contribution in [0.25, 0.3) is 11.1 Å². The molecule has 2 aliphatic carbocycles. The van der Waals surface area contributed by atoms with Gasteiger partial charge in [-0.1, -0.05) is 97.1 Å². The minimum atomic E-state index is -1.34. The van der Waals surface area contributed by atoms with E-state index in [9.17, 15) is 10.4 Å². The summed E-state index contributed by atoms with van der Waals surface area (Å²) in [6, 6.07) is 41.0. The summed E-state index contributed by atoms with van der Waals surface area (Å²) in [5.74, 6) is 1.33. The molecule has 0 aromatic heterocycles. The van der Waals surface area contributed by atoms with Gasteiger partial charge in [0.1, 0.15) is 5.60 Å². The fourth-order valence-corrected chi connectivity index (χ4v) is 7.33. The fraction of sp³-hybridized carbons (Fsp3) is 0.162. The molecule has 2 atom stereocenters. The minimum absolute atomic E-state index is 0.167. The van der Waals surface area contributed by atoms with Crippen LogP contribution in [0.1, 0.15) is 38.9 Å². The molecule has 0 saturated carbocycles. The van der Waals surface area contributed by atoms with E-state index in [1.165, 1.54) is 11.1 Å². The maximum absolute atomic E-state index is 13.0. The molecule has 5 heteroatoms. The number of ether oxygens (including phenoxy) is 2. The van der Waals surface area contributed by atoms with Gasteiger partial charge in [0.05, 0.1) is 17.2 Å². The van der Waals surface area contributed by atoms with Crippen LogP contribution >= 0.6 is 0 Å². The highest BCUT2D eigenvalue weighted by Crippen LogP contribution is 2.53. The highest BCUT2D eigenvalue weighted by molar-refractivity contribution is 5.83. The molecule has 2 N–H and O–H groups in total. The predicted molar refractivity (Wildman–Crippen MR) is 160 cm³/mol. The van der Waals surface area contributed by atoms with Crippen LogP contribution < -0.4 is 14.8 Å². The quantitative estimate of drug-likeness (QED) is 0.273. The first-order valence-corrected chi connectivity index (χ1v) is 14.3. The van der Waals surface area contributed by atoms with Crippen molar-refractivity contribution in [3.05, 3.63) is 154 Å². The van der Waals surface area contributed by atoms with Crippen LogP contribution in [0.3, 0.4) is 0 Å². The lowest BCUT2D eigenvalue weighted by Gasteiger charge is -2.42. The second-order valence-corrected chi connectivity index (χ2v) is 11.3. The minimum Gasteiger partial charge on any atom is -0.454 e. The molecule has 204 valence electrons. The van der Waals surface area contributed by atoms with Crippen molar-refractivity contribution < 1.29 is 14.6 Å². The molecule has 0 radical (unpaired) electrons. The van der Waals surface area contributed by atoms with E-state index in [1.54, 1.807) is 0 Å². The van der Waals surface area contributed by atoms with Gasteiger partial charge in [-0.25, -0.2) is 0 Å². The molecular formula is C37H28N2O3. The maximum Gasteiger partial charge on any atom is 0.231 e. The second kappa shape index (κ2) is 9.32. The molecule has 5 aromatic carbocycles. The van der Waals surface area contributed by atoms with E-state index >= 15 is 0 Å². The van der Waals surface area contributed by atoms with Crippen molar-refractivity contribution in [2.75, 3.05) is 6.79 Å². The molecule has 0 bridgehead atoms. The Labute approximate surface area is 244 Å². The molecule has 5 nitrogen and oxygen atoms in total. The normalized spacial score (nSPS) is 20.4. The van der Waals surface area contributed by atoms with E-state index in [1.807, 2.05) is 42.5 Å². The van der Waals surface area contributed by atoms with Crippen molar-refractivity contribution >= 4 is 0 Å². The summed E-state index contributed by atoms with van der Waals surface area (Å²) in [6.07, 6.45) is 0.852. The van der Waals surface area contributed by atoms with Crippen molar-refractivity contribution in [2.24, 2.45) is 0 Å². The third kappa shape index (κ3) is 3.50. The standard InChI is InChI=1S/C37H28N2O3/c38-22-25-11-5-4-10-24(25)21-36(40)32-20-34-33(41-23-42-34)18-26(32)19-35(36)39-37(27-12-2-1-3-13-27)30-16-8-6-14-28(30)29-15-7-9-17-31(29)37/h1-18,20,35,39-40H,19,21,23H2/t35-,36-/m1/s1. The van der Waals surface area contributed by atoms with E-state index in [-0.39, 0.29) is 13.2 Å². The molecule has 1 heterocycles. The average molecular weight is 549 g/mol. The summed E-state index contributed by atoms with van der Waals surface area (Å²) in [6.45, 7) is 0.167. The molecule has 3 aliphatic rings. The molecular weight excluding hydrogens is 520 g/mol. The summed E-state index contributed by atoms with van der Waals surface area (Å²) in [4.78, 5) is 0. The maximum atomic E-state index is 13.0. The smallest absolute Gasteiger partial charge is 0.231 e. The Hall–Kier alpha value is -4.89. The van der Waals surface area contributed by atoms with E-state index in [0.717, 1.165) is 33.4 Å². The van der Waals surface area contributed by atoms with E-state index in [4.69, 9.17) is 9.47 Å². The molecule has 1 aliphatic heterocycles. The summed E-state index contributed by atoms with van der Waals surface area (Å²) >= 11 is 0. The zero-order chi connectivity index (χ0) is 28.3. The summed E-state index contributed by atoms with van der Waals surface area (Å²) in [7, 11) is 0. The van der Waals surface area contributed by atoms with Crippen LogP contribution in [0.4, 0.5) is 0 Å². The van der Waals surface area contributed by atoms with Gasteiger partial charge in [0.15, 0.2) is 11.5 Å². The first-order valence-electron chi connectivity index (χ1n) is 14.3. The first-order chi connectivity index (χ1) is 20.6. The largest absolute Gasteiger partial charge is 0.454 e. The predicted octanol–water partition coefficient (Wildman–Crippen LogP) is 6.20. The van der Waals surface area contributed by atoms with Crippen LogP contribution in [0, 0.1) is 11.3 Å². The lowest BCUT2D eigenvalue weighted by Crippen LogP contribution is -2.56. The van der Waals surface area contributed by atoms with Gasteiger partial charge in [0.2, 0.25) is 6.79 Å². The number of nitrogens with one attached hydrogen (secondary N) is 1. The number of nitrogens with zero attached hydrogens (tertiary/aromatic N) is 1. The topological polar surface area (TPSA) is 74.5 Å². The molecule has 8 rings (SSSR count). The highest BCUT2D eigenvalue weighted by Gasteiger charge is 2.53. The van der Waals surface area contributed by atoms with Gasteiger partial charge in [0, 0.05) is 12.5 Å². The SMILES string of the molecule is N#Cc1ccccc1C[C@@]1(O)c2cc3c(cc2C[C@H]1NC1(c2ccccc2)c2ccccc2-c2ccccc21)OCO3. The van der Waals surface area contributed by atoms with Crippen molar-refractivity contribution in [1.29, 1.82) is 5.26 Å². The molecule has 0 fully saturated rings. The molecule has 0 unspecified atom stereocenters. The monoisotopic (exact) mass is 548 g/mol. The van der Waals surface area contributed by atoms with Crippen LogP contribution in [-0.4, -0.2) is 17.9 Å². The first kappa shape index (κ1) is 24.9. The summed E-state index contributed by atoms with van der Waals surface area (Å²) in [5.41, 5.74) is 6.91. The van der Waals surface area contributed by atoms with Gasteiger partial charge < -0.3 is 14.6 Å². The van der Waals surface area contributed by atoms with Crippen LogP contribution in [0.15, 0.2) is 115 Å². The van der Waals surface area contributed by atoms with Gasteiger partial charge in [-0.2, -0.15) is 5.26 Å². The Morgan fingerprint density at radius 2 is 1.38 bits per heavy atom. The summed E-state index contributed by atoms with van der Waals surface area (Å²) in [5, 5.41) is 27.0. The molecule has 5 aromatic rings. The number of hydrogen-bond acceptors (Lipinski definition) is 5. The fourth-order valence-electron chi connectivity index (χ4n) is 7.33. The lowest BCUT2D eigenvalue weighted by atomic mass is 9.77. The Morgan fingerprint density at radius 3 is 2.10 bits per heavy atom. The van der Waals surface area contributed by atoms with E-state index in [2.05, 4.69) is 84.2 Å². The number of fused-ring (bicyclic) bond motifs is 5. The van der Waals surface area contributed by atoms with Crippen molar-refractivity contribution in [2.45, 2.75) is 30.0 Å². The van der Waals surface area contributed by atoms with Crippen molar-refractivity contribution in [3.63, 3.8) is 0 Å². The second-order valence-electron chi connectivity index (χ2n) is 11.3.